The molecule has 2 saturated heterocycles. The van der Waals surface area contributed by atoms with E-state index in [2.05, 4.69) is 17.5 Å². The van der Waals surface area contributed by atoms with Crippen molar-refractivity contribution in [2.45, 2.75) is 47.1 Å². The number of aliphatic hydroxyl groups is 2. The Bertz CT molecular complexity index is 1180. The summed E-state index contributed by atoms with van der Waals surface area (Å²) in [6, 6.07) is 11.7. The number of alkyl halides is 3. The molecule has 2 aliphatic rings. The van der Waals surface area contributed by atoms with Gasteiger partial charge < -0.3 is 15.1 Å². The molecule has 36 heavy (non-hydrogen) atoms. The number of hydrogen-bond acceptors (Lipinski definition) is 7. The fraction of sp³-hybridized carbons (Fsp3) is 0.500. The van der Waals surface area contributed by atoms with Crippen LogP contribution >= 0.6 is 12.6 Å². The van der Waals surface area contributed by atoms with Gasteiger partial charge in [0.05, 0.1) is 17.0 Å². The van der Waals surface area contributed by atoms with Gasteiger partial charge in [-0.2, -0.15) is 17.5 Å². The van der Waals surface area contributed by atoms with Crippen molar-refractivity contribution in [3.8, 4) is 0 Å². The average Bonchev–Trinajstić information content (AvgIpc) is 3.23. The standard InChI is InChI=1S/C24H30F3N3O4S2/c1-23(32,24(25,26)27)17-6-8-18(9-7-17)30-13-12-29(15-19(30)14-28-11-10-20(31)16-28)36(33,34)22-5-3-2-4-21(22)35/h2-9,19-20,31-32,35H,10-16H2,1H3/t19-,20+,23+/m0/s1. The van der Waals surface area contributed by atoms with Gasteiger partial charge in [0.1, 0.15) is 0 Å². The molecule has 0 aliphatic carbocycles. The molecule has 12 heteroatoms. The molecule has 2 aliphatic heterocycles. The van der Waals surface area contributed by atoms with Gasteiger partial charge in [-0.1, -0.05) is 24.3 Å². The van der Waals surface area contributed by atoms with Crippen molar-refractivity contribution < 1.29 is 31.8 Å². The van der Waals surface area contributed by atoms with Crippen LogP contribution in [0.15, 0.2) is 58.3 Å². The summed E-state index contributed by atoms with van der Waals surface area (Å²) in [4.78, 5) is 4.52. The summed E-state index contributed by atoms with van der Waals surface area (Å²) < 4.78 is 68.0. The highest BCUT2D eigenvalue weighted by Gasteiger charge is 2.51. The molecule has 2 fully saturated rings. The van der Waals surface area contributed by atoms with E-state index in [4.69, 9.17) is 0 Å². The minimum Gasteiger partial charge on any atom is -0.392 e. The summed E-state index contributed by atoms with van der Waals surface area (Å²) in [6.07, 6.45) is -4.64. The second-order valence-electron chi connectivity index (χ2n) is 9.50. The number of piperazine rings is 1. The lowest BCUT2D eigenvalue weighted by Gasteiger charge is -2.43. The van der Waals surface area contributed by atoms with E-state index in [1.807, 2.05) is 4.90 Å². The predicted molar refractivity (Wildman–Crippen MR) is 133 cm³/mol. The van der Waals surface area contributed by atoms with E-state index in [0.717, 1.165) is 0 Å². The first-order valence-corrected chi connectivity index (χ1v) is 13.5. The van der Waals surface area contributed by atoms with Crippen LogP contribution in [0.1, 0.15) is 18.9 Å². The Morgan fingerprint density at radius 1 is 1.03 bits per heavy atom. The average molecular weight is 546 g/mol. The smallest absolute Gasteiger partial charge is 0.392 e. The molecule has 3 atom stereocenters. The number of anilines is 1. The third-order valence-electron chi connectivity index (χ3n) is 6.96. The molecule has 0 bridgehead atoms. The molecule has 4 rings (SSSR count). The van der Waals surface area contributed by atoms with Crippen LogP contribution in [0.2, 0.25) is 0 Å². The van der Waals surface area contributed by atoms with E-state index < -0.39 is 27.9 Å². The number of halogens is 3. The summed E-state index contributed by atoms with van der Waals surface area (Å²) in [7, 11) is -3.81. The van der Waals surface area contributed by atoms with Crippen molar-refractivity contribution in [1.29, 1.82) is 0 Å². The van der Waals surface area contributed by atoms with Crippen molar-refractivity contribution in [1.82, 2.24) is 9.21 Å². The maximum absolute atomic E-state index is 13.4. The highest BCUT2D eigenvalue weighted by Crippen LogP contribution is 2.39. The Kier molecular flexibility index (Phi) is 7.67. The van der Waals surface area contributed by atoms with Gasteiger partial charge in [0.15, 0.2) is 5.60 Å². The third-order valence-corrected chi connectivity index (χ3v) is 9.42. The first kappa shape index (κ1) is 27.2. The number of hydrogen-bond donors (Lipinski definition) is 3. The molecule has 0 radical (unpaired) electrons. The Hall–Kier alpha value is -1.83. The van der Waals surface area contributed by atoms with E-state index in [1.54, 1.807) is 18.2 Å². The van der Waals surface area contributed by atoms with Gasteiger partial charge in [0.25, 0.3) is 0 Å². The lowest BCUT2D eigenvalue weighted by atomic mass is 9.95. The summed E-state index contributed by atoms with van der Waals surface area (Å²) >= 11 is 4.31. The van der Waals surface area contributed by atoms with Crippen molar-refractivity contribution in [3.63, 3.8) is 0 Å². The third kappa shape index (κ3) is 5.39. The van der Waals surface area contributed by atoms with Crippen LogP contribution in [0.25, 0.3) is 0 Å². The van der Waals surface area contributed by atoms with Crippen LogP contribution in [0.5, 0.6) is 0 Å². The van der Waals surface area contributed by atoms with Gasteiger partial charge in [0.2, 0.25) is 10.0 Å². The van der Waals surface area contributed by atoms with Crippen molar-refractivity contribution in [3.05, 3.63) is 54.1 Å². The maximum Gasteiger partial charge on any atom is 0.421 e. The zero-order valence-electron chi connectivity index (χ0n) is 19.8. The predicted octanol–water partition coefficient (Wildman–Crippen LogP) is 2.69. The minimum absolute atomic E-state index is 0.121. The lowest BCUT2D eigenvalue weighted by Crippen LogP contribution is -2.58. The fourth-order valence-electron chi connectivity index (χ4n) is 4.77. The molecule has 0 aromatic heterocycles. The van der Waals surface area contributed by atoms with Crippen molar-refractivity contribution in [2.75, 3.05) is 44.2 Å². The number of sulfonamides is 1. The quantitative estimate of drug-likeness (QED) is 0.485. The molecule has 0 spiro atoms. The van der Waals surface area contributed by atoms with Crippen LogP contribution < -0.4 is 4.90 Å². The number of nitrogens with zero attached hydrogens (tertiary/aromatic N) is 3. The summed E-state index contributed by atoms with van der Waals surface area (Å²) in [5.41, 5.74) is -2.62. The molecule has 0 amide bonds. The monoisotopic (exact) mass is 545 g/mol. The summed E-state index contributed by atoms with van der Waals surface area (Å²) in [5.74, 6) is 0. The van der Waals surface area contributed by atoms with E-state index >= 15 is 0 Å². The van der Waals surface area contributed by atoms with Crippen LogP contribution in [0, 0.1) is 0 Å². The summed E-state index contributed by atoms with van der Waals surface area (Å²) in [6.45, 7) is 3.02. The van der Waals surface area contributed by atoms with E-state index in [9.17, 15) is 31.8 Å². The second kappa shape index (κ2) is 10.1. The van der Waals surface area contributed by atoms with Gasteiger partial charge in [-0.25, -0.2) is 8.42 Å². The first-order valence-electron chi connectivity index (χ1n) is 11.7. The van der Waals surface area contributed by atoms with E-state index in [-0.39, 0.29) is 29.6 Å². The van der Waals surface area contributed by atoms with Gasteiger partial charge >= 0.3 is 6.18 Å². The molecule has 0 saturated carbocycles. The lowest BCUT2D eigenvalue weighted by molar-refractivity contribution is -0.258. The SMILES string of the molecule is C[C@@](O)(c1ccc(N2CCN(S(=O)(=O)c3ccccc3S)C[C@@H]2CN2CC[C@@H](O)C2)cc1)C(F)(F)F. The maximum atomic E-state index is 13.4. The van der Waals surface area contributed by atoms with Crippen molar-refractivity contribution in [2.24, 2.45) is 0 Å². The topological polar surface area (TPSA) is 84.3 Å². The number of rotatable bonds is 6. The van der Waals surface area contributed by atoms with Crippen LogP contribution in [-0.4, -0.2) is 85.4 Å². The Morgan fingerprint density at radius 3 is 2.28 bits per heavy atom. The number of likely N-dealkylation sites (tertiary alicyclic amines) is 1. The van der Waals surface area contributed by atoms with E-state index in [0.29, 0.717) is 50.1 Å². The fourth-order valence-corrected chi connectivity index (χ4v) is 6.83. The van der Waals surface area contributed by atoms with Gasteiger partial charge in [-0.15, -0.1) is 12.6 Å². The second-order valence-corrected chi connectivity index (χ2v) is 11.9. The van der Waals surface area contributed by atoms with Gasteiger partial charge in [-0.05, 0) is 43.2 Å². The molecule has 7 nitrogen and oxygen atoms in total. The molecule has 2 N–H and O–H groups in total. The molecule has 198 valence electrons. The van der Waals surface area contributed by atoms with Crippen LogP contribution in [0.3, 0.4) is 0 Å². The molecule has 2 aromatic carbocycles. The number of thiol groups is 1. The van der Waals surface area contributed by atoms with E-state index in [1.165, 1.54) is 34.6 Å². The normalized spacial score (nSPS) is 24.1. The number of benzene rings is 2. The Balaban J connectivity index is 1.60. The molecular weight excluding hydrogens is 515 g/mol. The summed E-state index contributed by atoms with van der Waals surface area (Å²) in [5, 5.41) is 20.0. The molecule has 2 aromatic rings. The highest BCUT2D eigenvalue weighted by atomic mass is 32.2. The van der Waals surface area contributed by atoms with Crippen molar-refractivity contribution >= 4 is 28.3 Å². The Morgan fingerprint density at radius 2 is 1.69 bits per heavy atom. The Labute approximate surface area is 214 Å². The highest BCUT2D eigenvalue weighted by molar-refractivity contribution is 7.90. The molecule has 2 heterocycles. The molecular formula is C24H30F3N3O4S2. The molecule has 0 unspecified atom stereocenters. The van der Waals surface area contributed by atoms with Crippen LogP contribution in [-0.2, 0) is 15.6 Å². The largest absolute Gasteiger partial charge is 0.421 e. The minimum atomic E-state index is -4.82. The zero-order chi connectivity index (χ0) is 26.3. The first-order chi connectivity index (χ1) is 16.8. The van der Waals surface area contributed by atoms with Gasteiger partial charge in [0, 0.05) is 49.9 Å². The van der Waals surface area contributed by atoms with Gasteiger partial charge in [-0.3, -0.25) is 4.90 Å². The number of β-amino-alcohol motifs (C(OH)–C–C–N with tert-alkyl or cyclic N) is 1. The van der Waals surface area contributed by atoms with Crippen LogP contribution in [0.4, 0.5) is 18.9 Å². The number of aliphatic hydroxyl groups excluding tert-OH is 1. The zero-order valence-corrected chi connectivity index (χ0v) is 21.5.